The molecule has 0 fully saturated rings. The lowest BCUT2D eigenvalue weighted by Crippen LogP contribution is -1.98. The van der Waals surface area contributed by atoms with Crippen molar-refractivity contribution < 1.29 is 19.0 Å². The Balaban J connectivity index is 1.81. The second-order valence-electron chi connectivity index (χ2n) is 5.31. The van der Waals surface area contributed by atoms with Crippen LogP contribution >= 0.6 is 0 Å². The van der Waals surface area contributed by atoms with Gasteiger partial charge in [0.2, 0.25) is 5.78 Å². The van der Waals surface area contributed by atoms with Crippen LogP contribution < -0.4 is 4.74 Å². The lowest BCUT2D eigenvalue weighted by atomic mass is 10.0. The van der Waals surface area contributed by atoms with Crippen molar-refractivity contribution in [3.8, 4) is 11.5 Å². The van der Waals surface area contributed by atoms with E-state index >= 15 is 0 Å². The average Bonchev–Trinajstić information content (AvgIpc) is 2.88. The monoisotopic (exact) mass is 306 g/mol. The predicted molar refractivity (Wildman–Crippen MR) is 84.9 cm³/mol. The highest BCUT2D eigenvalue weighted by Crippen LogP contribution is 2.38. The van der Waals surface area contributed by atoms with Crippen LogP contribution in [0.4, 0.5) is 4.39 Å². The van der Waals surface area contributed by atoms with Gasteiger partial charge < -0.3 is 9.84 Å². The van der Waals surface area contributed by atoms with Crippen molar-refractivity contribution in [3.63, 3.8) is 0 Å². The minimum absolute atomic E-state index is 0.140. The van der Waals surface area contributed by atoms with Crippen molar-refractivity contribution in [1.82, 2.24) is 0 Å². The first-order chi connectivity index (χ1) is 11.1. The molecule has 1 aliphatic heterocycles. The number of carbonyl (C=O) groups is 1. The largest absolute Gasteiger partial charge is 0.505 e. The number of phenols is 1. The Morgan fingerprint density at radius 2 is 1.87 bits per heavy atom. The summed E-state index contributed by atoms with van der Waals surface area (Å²) in [4.78, 5) is 12.5. The highest BCUT2D eigenvalue weighted by Gasteiger charge is 2.28. The first kappa shape index (κ1) is 13.5. The smallest absolute Gasteiger partial charge is 0.231 e. The van der Waals surface area contributed by atoms with Crippen LogP contribution in [0.5, 0.6) is 11.5 Å². The molecule has 1 N–H and O–H groups in total. The maximum Gasteiger partial charge on any atom is 0.231 e. The molecule has 0 aliphatic carbocycles. The molecule has 3 aromatic rings. The number of rotatable bonds is 1. The lowest BCUT2D eigenvalue weighted by Gasteiger charge is -2.03. The van der Waals surface area contributed by atoms with Gasteiger partial charge in [0.05, 0.1) is 5.56 Å². The van der Waals surface area contributed by atoms with Crippen LogP contribution in [0, 0.1) is 5.82 Å². The summed E-state index contributed by atoms with van der Waals surface area (Å²) in [6.07, 6.45) is 1.47. The molecular weight excluding hydrogens is 295 g/mol. The molecular formula is C19H11FO3. The van der Waals surface area contributed by atoms with E-state index in [1.54, 1.807) is 6.07 Å². The molecule has 0 saturated heterocycles. The molecule has 4 rings (SSSR count). The molecule has 0 amide bonds. The third-order valence-corrected chi connectivity index (χ3v) is 3.83. The van der Waals surface area contributed by atoms with Gasteiger partial charge in [-0.2, -0.15) is 0 Å². The van der Waals surface area contributed by atoms with Crippen LogP contribution in [0.1, 0.15) is 15.9 Å². The van der Waals surface area contributed by atoms with Crippen LogP contribution in [0.3, 0.4) is 0 Å². The van der Waals surface area contributed by atoms with Gasteiger partial charge in [-0.1, -0.05) is 36.4 Å². The first-order valence-corrected chi connectivity index (χ1v) is 7.08. The van der Waals surface area contributed by atoms with Crippen molar-refractivity contribution >= 4 is 22.6 Å². The molecule has 0 radical (unpaired) electrons. The molecule has 3 nitrogen and oxygen atoms in total. The van der Waals surface area contributed by atoms with Gasteiger partial charge in [-0.15, -0.1) is 0 Å². The minimum atomic E-state index is -0.743. The topological polar surface area (TPSA) is 46.5 Å². The summed E-state index contributed by atoms with van der Waals surface area (Å²) in [7, 11) is 0. The normalized spacial score (nSPS) is 15.0. The summed E-state index contributed by atoms with van der Waals surface area (Å²) in [6, 6.07) is 15.2. The van der Waals surface area contributed by atoms with E-state index in [1.165, 1.54) is 18.2 Å². The van der Waals surface area contributed by atoms with Gasteiger partial charge in [-0.05, 0) is 35.2 Å². The Bertz CT molecular complexity index is 989. The molecule has 0 atom stereocenters. The number of hydrogen-bond acceptors (Lipinski definition) is 3. The summed E-state index contributed by atoms with van der Waals surface area (Å²) < 4.78 is 19.1. The summed E-state index contributed by atoms with van der Waals surface area (Å²) in [5, 5.41) is 11.1. The zero-order valence-corrected chi connectivity index (χ0v) is 11.9. The second-order valence-corrected chi connectivity index (χ2v) is 5.31. The highest BCUT2D eigenvalue weighted by atomic mass is 19.1. The lowest BCUT2D eigenvalue weighted by molar-refractivity contribution is 0.101. The van der Waals surface area contributed by atoms with Crippen LogP contribution in [0.15, 0.2) is 60.4 Å². The summed E-state index contributed by atoms with van der Waals surface area (Å²) in [5.41, 5.74) is 0.940. The Hall–Kier alpha value is -3.14. The van der Waals surface area contributed by atoms with Gasteiger partial charge in [0, 0.05) is 5.39 Å². The van der Waals surface area contributed by atoms with Crippen molar-refractivity contribution in [3.05, 3.63) is 77.3 Å². The van der Waals surface area contributed by atoms with Crippen LogP contribution in [-0.2, 0) is 0 Å². The number of carbonyl (C=O) groups excluding carboxylic acids is 1. The number of fused-ring (bicyclic) bond motifs is 3. The molecule has 0 saturated carbocycles. The van der Waals surface area contributed by atoms with Crippen LogP contribution in [-0.4, -0.2) is 10.9 Å². The number of ether oxygens (including phenoxy) is 1. The fourth-order valence-corrected chi connectivity index (χ4v) is 2.68. The first-order valence-electron chi connectivity index (χ1n) is 7.08. The number of aromatic hydroxyl groups is 1. The van der Waals surface area contributed by atoms with Gasteiger partial charge >= 0.3 is 0 Å². The molecule has 0 spiro atoms. The number of halogens is 1. The van der Waals surface area contributed by atoms with Crippen LogP contribution in [0.2, 0.25) is 0 Å². The van der Waals surface area contributed by atoms with Crippen molar-refractivity contribution in [2.24, 2.45) is 0 Å². The van der Waals surface area contributed by atoms with Crippen molar-refractivity contribution in [2.45, 2.75) is 0 Å². The summed E-state index contributed by atoms with van der Waals surface area (Å²) in [6.45, 7) is 0. The van der Waals surface area contributed by atoms with E-state index < -0.39 is 11.6 Å². The average molecular weight is 306 g/mol. The van der Waals surface area contributed by atoms with Crippen LogP contribution in [0.25, 0.3) is 16.8 Å². The Morgan fingerprint density at radius 3 is 2.70 bits per heavy atom. The zero-order chi connectivity index (χ0) is 16.0. The molecule has 0 aromatic heterocycles. The molecule has 0 unspecified atom stereocenters. The fourth-order valence-electron chi connectivity index (χ4n) is 2.68. The van der Waals surface area contributed by atoms with E-state index in [2.05, 4.69) is 0 Å². The van der Waals surface area contributed by atoms with Crippen molar-refractivity contribution in [1.29, 1.82) is 0 Å². The van der Waals surface area contributed by atoms with Gasteiger partial charge in [-0.25, -0.2) is 4.39 Å². The maximum absolute atomic E-state index is 13.4. The standard InChI is InChI=1S/C19H11FO3/c20-15-9-11(5-8-16(15)21)10-17-18(22)14-7-6-12-3-1-2-4-13(12)19(14)23-17/h1-10,21H. The number of benzene rings is 3. The van der Waals surface area contributed by atoms with E-state index in [-0.39, 0.29) is 11.5 Å². The molecule has 3 aromatic carbocycles. The van der Waals surface area contributed by atoms with E-state index in [4.69, 9.17) is 4.74 Å². The Morgan fingerprint density at radius 1 is 1.04 bits per heavy atom. The zero-order valence-electron chi connectivity index (χ0n) is 11.9. The molecule has 112 valence electrons. The number of Topliss-reactive ketones (excluding diaryl/α,β-unsaturated/α-hetero) is 1. The molecule has 4 heteroatoms. The van der Waals surface area contributed by atoms with Gasteiger partial charge in [0.25, 0.3) is 0 Å². The number of hydrogen-bond donors (Lipinski definition) is 1. The molecule has 0 bridgehead atoms. The summed E-state index contributed by atoms with van der Waals surface area (Å²) in [5.74, 6) is -0.743. The van der Waals surface area contributed by atoms with Gasteiger partial charge in [-0.3, -0.25) is 4.79 Å². The van der Waals surface area contributed by atoms with E-state index in [9.17, 15) is 14.3 Å². The third kappa shape index (κ3) is 2.16. The van der Waals surface area contributed by atoms with E-state index in [0.29, 0.717) is 16.9 Å². The fraction of sp³-hybridized carbons (Fsp3) is 0. The quantitative estimate of drug-likeness (QED) is 0.682. The van der Waals surface area contributed by atoms with E-state index in [1.807, 2.05) is 30.3 Å². The highest BCUT2D eigenvalue weighted by molar-refractivity contribution is 6.17. The van der Waals surface area contributed by atoms with Crippen molar-refractivity contribution in [2.75, 3.05) is 0 Å². The van der Waals surface area contributed by atoms with E-state index in [0.717, 1.165) is 16.8 Å². The SMILES string of the molecule is O=C1C(=Cc2ccc(O)c(F)c2)Oc2c1ccc1ccccc21. The minimum Gasteiger partial charge on any atom is -0.505 e. The number of allylic oxidation sites excluding steroid dienone is 1. The third-order valence-electron chi connectivity index (χ3n) is 3.83. The molecule has 23 heavy (non-hydrogen) atoms. The molecule has 1 heterocycles. The van der Waals surface area contributed by atoms with Gasteiger partial charge in [0.15, 0.2) is 17.3 Å². The number of ketones is 1. The van der Waals surface area contributed by atoms with Gasteiger partial charge in [0.1, 0.15) is 5.75 Å². The Kier molecular flexibility index (Phi) is 2.91. The molecule has 1 aliphatic rings. The predicted octanol–water partition coefficient (Wildman–Crippen LogP) is 4.30. The summed E-state index contributed by atoms with van der Waals surface area (Å²) >= 11 is 0. The number of phenolic OH excluding ortho intramolecular Hbond substituents is 1. The Labute approximate surface area is 131 Å². The maximum atomic E-state index is 13.4. The second kappa shape index (κ2) is 4.95.